The molecule has 0 aromatic heterocycles. The van der Waals surface area contributed by atoms with E-state index < -0.39 is 0 Å². The van der Waals surface area contributed by atoms with Crippen LogP contribution in [-0.2, 0) is 0 Å². The molecule has 13 heavy (non-hydrogen) atoms. The molecule has 2 N–H and O–H groups in total. The van der Waals surface area contributed by atoms with Crippen molar-refractivity contribution in [3.8, 4) is 0 Å². The molecule has 1 aliphatic rings. The van der Waals surface area contributed by atoms with E-state index in [1.54, 1.807) is 0 Å². The Morgan fingerprint density at radius 2 is 1.77 bits per heavy atom. The van der Waals surface area contributed by atoms with Gasteiger partial charge < -0.3 is 10.6 Å². The van der Waals surface area contributed by atoms with Gasteiger partial charge in [0.2, 0.25) is 0 Å². The van der Waals surface area contributed by atoms with E-state index in [0.717, 1.165) is 6.54 Å². The van der Waals surface area contributed by atoms with Gasteiger partial charge in [0.15, 0.2) is 0 Å². The molecule has 0 saturated carbocycles. The minimum absolute atomic E-state index is 0.331. The summed E-state index contributed by atoms with van der Waals surface area (Å²) in [5, 5.41) is 0. The molecule has 0 aliphatic carbocycles. The van der Waals surface area contributed by atoms with Gasteiger partial charge in [-0.25, -0.2) is 0 Å². The van der Waals surface area contributed by atoms with E-state index in [1.807, 2.05) is 0 Å². The predicted octanol–water partition coefficient (Wildman–Crippen LogP) is 1.85. The standard InChI is InChI=1S/C11H24N2/c1-11(2,10-12)6-9-13-7-4-3-5-8-13/h3-10,12H2,1-2H3. The maximum Gasteiger partial charge on any atom is -0.00132 e. The van der Waals surface area contributed by atoms with Crippen LogP contribution in [0.1, 0.15) is 39.5 Å². The number of likely N-dealkylation sites (tertiary alicyclic amines) is 1. The van der Waals surface area contributed by atoms with Crippen LogP contribution in [0, 0.1) is 5.41 Å². The van der Waals surface area contributed by atoms with Crippen molar-refractivity contribution in [3.05, 3.63) is 0 Å². The summed E-state index contributed by atoms with van der Waals surface area (Å²) in [5.41, 5.74) is 6.03. The van der Waals surface area contributed by atoms with E-state index in [0.29, 0.717) is 5.41 Å². The van der Waals surface area contributed by atoms with Crippen LogP contribution in [-0.4, -0.2) is 31.1 Å². The van der Waals surface area contributed by atoms with E-state index in [4.69, 9.17) is 5.73 Å². The summed E-state index contributed by atoms with van der Waals surface area (Å²) >= 11 is 0. The quantitative estimate of drug-likeness (QED) is 0.722. The first-order valence-corrected chi connectivity index (χ1v) is 5.56. The van der Waals surface area contributed by atoms with E-state index in [1.165, 1.54) is 45.3 Å². The average molecular weight is 184 g/mol. The third kappa shape index (κ3) is 4.10. The number of rotatable bonds is 4. The average Bonchev–Trinajstić information content (AvgIpc) is 2.17. The summed E-state index contributed by atoms with van der Waals surface area (Å²) in [5.74, 6) is 0. The van der Waals surface area contributed by atoms with Crippen LogP contribution < -0.4 is 5.73 Å². The minimum Gasteiger partial charge on any atom is -0.330 e. The fourth-order valence-electron chi connectivity index (χ4n) is 1.75. The molecule has 78 valence electrons. The lowest BCUT2D eigenvalue weighted by atomic mass is 9.89. The van der Waals surface area contributed by atoms with Crippen molar-refractivity contribution in [2.75, 3.05) is 26.2 Å². The fraction of sp³-hybridized carbons (Fsp3) is 1.00. The Morgan fingerprint density at radius 1 is 1.15 bits per heavy atom. The van der Waals surface area contributed by atoms with Gasteiger partial charge in [-0.1, -0.05) is 20.3 Å². The lowest BCUT2D eigenvalue weighted by molar-refractivity contribution is 0.192. The summed E-state index contributed by atoms with van der Waals surface area (Å²) in [6.07, 6.45) is 5.45. The first kappa shape index (κ1) is 11.0. The summed E-state index contributed by atoms with van der Waals surface area (Å²) in [4.78, 5) is 2.58. The second-order valence-electron chi connectivity index (χ2n) is 5.02. The third-order valence-corrected chi connectivity index (χ3v) is 3.11. The summed E-state index contributed by atoms with van der Waals surface area (Å²) in [6, 6.07) is 0. The molecule has 0 spiro atoms. The molecule has 1 aliphatic heterocycles. The van der Waals surface area contributed by atoms with Gasteiger partial charge in [0.05, 0.1) is 0 Å². The van der Waals surface area contributed by atoms with Gasteiger partial charge in [0, 0.05) is 0 Å². The van der Waals surface area contributed by atoms with Gasteiger partial charge in [-0.05, 0) is 50.9 Å². The van der Waals surface area contributed by atoms with Gasteiger partial charge in [-0.2, -0.15) is 0 Å². The highest BCUT2D eigenvalue weighted by Gasteiger charge is 2.18. The Labute approximate surface area is 82.5 Å². The number of hydrogen-bond donors (Lipinski definition) is 1. The van der Waals surface area contributed by atoms with E-state index in [9.17, 15) is 0 Å². The monoisotopic (exact) mass is 184 g/mol. The molecule has 0 unspecified atom stereocenters. The highest BCUT2D eigenvalue weighted by molar-refractivity contribution is 4.73. The number of nitrogens with two attached hydrogens (primary N) is 1. The highest BCUT2D eigenvalue weighted by Crippen LogP contribution is 2.19. The summed E-state index contributed by atoms with van der Waals surface area (Å²) in [7, 11) is 0. The molecule has 0 bridgehead atoms. The third-order valence-electron chi connectivity index (χ3n) is 3.11. The Kier molecular flexibility index (Phi) is 4.20. The van der Waals surface area contributed by atoms with Crippen molar-refractivity contribution in [1.82, 2.24) is 4.90 Å². The van der Waals surface area contributed by atoms with Crippen LogP contribution in [0.25, 0.3) is 0 Å². The van der Waals surface area contributed by atoms with Crippen molar-refractivity contribution in [2.45, 2.75) is 39.5 Å². The smallest absolute Gasteiger partial charge is 0.00132 e. The zero-order chi connectivity index (χ0) is 9.73. The highest BCUT2D eigenvalue weighted by atomic mass is 15.1. The molecular formula is C11H24N2. The zero-order valence-electron chi connectivity index (χ0n) is 9.18. The van der Waals surface area contributed by atoms with Crippen LogP contribution in [0.3, 0.4) is 0 Å². The van der Waals surface area contributed by atoms with E-state index in [-0.39, 0.29) is 0 Å². The van der Waals surface area contributed by atoms with Crippen LogP contribution in [0.4, 0.5) is 0 Å². The van der Waals surface area contributed by atoms with Gasteiger partial charge in [-0.15, -0.1) is 0 Å². The topological polar surface area (TPSA) is 29.3 Å². The molecule has 0 amide bonds. The normalized spacial score (nSPS) is 20.5. The van der Waals surface area contributed by atoms with Crippen LogP contribution >= 0.6 is 0 Å². The summed E-state index contributed by atoms with van der Waals surface area (Å²) in [6.45, 7) is 9.18. The SMILES string of the molecule is CC(C)(CN)CCN1CCCCC1. The first-order valence-electron chi connectivity index (χ1n) is 5.56. The second kappa shape index (κ2) is 4.97. The fourth-order valence-corrected chi connectivity index (χ4v) is 1.75. The largest absolute Gasteiger partial charge is 0.330 e. The summed E-state index contributed by atoms with van der Waals surface area (Å²) < 4.78 is 0. The lowest BCUT2D eigenvalue weighted by Gasteiger charge is -2.30. The Bertz CT molecular complexity index is 137. The van der Waals surface area contributed by atoms with E-state index in [2.05, 4.69) is 18.7 Å². The van der Waals surface area contributed by atoms with Crippen molar-refractivity contribution in [2.24, 2.45) is 11.1 Å². The number of piperidine rings is 1. The van der Waals surface area contributed by atoms with Crippen molar-refractivity contribution in [3.63, 3.8) is 0 Å². The molecule has 2 heteroatoms. The molecule has 0 aromatic rings. The molecule has 0 radical (unpaired) electrons. The van der Waals surface area contributed by atoms with Gasteiger partial charge in [-0.3, -0.25) is 0 Å². The van der Waals surface area contributed by atoms with Gasteiger partial charge >= 0.3 is 0 Å². The molecular weight excluding hydrogens is 160 g/mol. The van der Waals surface area contributed by atoms with Crippen LogP contribution in [0.5, 0.6) is 0 Å². The predicted molar refractivity (Wildman–Crippen MR) is 57.7 cm³/mol. The first-order chi connectivity index (χ1) is 6.14. The van der Waals surface area contributed by atoms with Gasteiger partial charge in [0.1, 0.15) is 0 Å². The molecule has 1 fully saturated rings. The molecule has 0 atom stereocenters. The number of hydrogen-bond acceptors (Lipinski definition) is 2. The zero-order valence-corrected chi connectivity index (χ0v) is 9.18. The Balaban J connectivity index is 2.17. The van der Waals surface area contributed by atoms with Crippen molar-refractivity contribution < 1.29 is 0 Å². The van der Waals surface area contributed by atoms with Crippen molar-refractivity contribution >= 4 is 0 Å². The number of nitrogens with zero attached hydrogens (tertiary/aromatic N) is 1. The Hall–Kier alpha value is -0.0800. The van der Waals surface area contributed by atoms with E-state index >= 15 is 0 Å². The second-order valence-corrected chi connectivity index (χ2v) is 5.02. The lowest BCUT2D eigenvalue weighted by Crippen LogP contribution is -2.34. The van der Waals surface area contributed by atoms with Crippen molar-refractivity contribution in [1.29, 1.82) is 0 Å². The maximum absolute atomic E-state index is 5.70. The molecule has 1 saturated heterocycles. The molecule has 2 nitrogen and oxygen atoms in total. The molecule has 1 rings (SSSR count). The molecule has 1 heterocycles. The molecule has 0 aromatic carbocycles. The van der Waals surface area contributed by atoms with Crippen LogP contribution in [0.15, 0.2) is 0 Å². The minimum atomic E-state index is 0.331. The van der Waals surface area contributed by atoms with Crippen LogP contribution in [0.2, 0.25) is 0 Å². The van der Waals surface area contributed by atoms with Gasteiger partial charge in [0.25, 0.3) is 0 Å². The maximum atomic E-state index is 5.70. The Morgan fingerprint density at radius 3 is 2.31 bits per heavy atom.